The quantitative estimate of drug-likeness (QED) is 0.799. The summed E-state index contributed by atoms with van der Waals surface area (Å²) in [6.45, 7) is 2.23. The monoisotopic (exact) mass is 231 g/mol. The van der Waals surface area contributed by atoms with Crippen LogP contribution >= 0.6 is 0 Å². The lowest BCUT2D eigenvalue weighted by molar-refractivity contribution is 0.351. The van der Waals surface area contributed by atoms with Crippen molar-refractivity contribution < 1.29 is 0 Å². The van der Waals surface area contributed by atoms with E-state index >= 15 is 0 Å². The first kappa shape index (κ1) is 12.2. The maximum atomic E-state index is 9.45. The van der Waals surface area contributed by atoms with Gasteiger partial charge in [-0.1, -0.05) is 13.3 Å². The number of nitrogens with zero attached hydrogens (tertiary/aromatic N) is 3. The highest BCUT2D eigenvalue weighted by Gasteiger charge is 2.38. The predicted molar refractivity (Wildman–Crippen MR) is 67.2 cm³/mol. The molecule has 0 spiro atoms. The Morgan fingerprint density at radius 1 is 1.65 bits per heavy atom. The van der Waals surface area contributed by atoms with Gasteiger partial charge in [-0.15, -0.1) is 0 Å². The van der Waals surface area contributed by atoms with Crippen LogP contribution in [0.25, 0.3) is 0 Å². The highest BCUT2D eigenvalue weighted by atomic mass is 15.0. The zero-order valence-electron chi connectivity index (χ0n) is 10.8. The van der Waals surface area contributed by atoms with Gasteiger partial charge in [0.25, 0.3) is 0 Å². The summed E-state index contributed by atoms with van der Waals surface area (Å²) in [5, 5.41) is 9.45. The zero-order valence-corrected chi connectivity index (χ0v) is 10.8. The van der Waals surface area contributed by atoms with Gasteiger partial charge >= 0.3 is 0 Å². The number of hydrogen-bond acceptors (Lipinski definition) is 2. The molecule has 1 aromatic rings. The number of hydrogen-bond donors (Lipinski definition) is 0. The molecule has 0 bridgehead atoms. The minimum absolute atomic E-state index is 0.0768. The van der Waals surface area contributed by atoms with Gasteiger partial charge in [0.1, 0.15) is 5.82 Å². The maximum absolute atomic E-state index is 9.45. The molecule has 0 radical (unpaired) electrons. The molecule has 2 unspecified atom stereocenters. The summed E-state index contributed by atoms with van der Waals surface area (Å²) in [6.07, 6.45) is 10.3. The Hall–Kier alpha value is -1.30. The Kier molecular flexibility index (Phi) is 3.51. The van der Waals surface area contributed by atoms with Gasteiger partial charge in [-0.2, -0.15) is 5.26 Å². The molecule has 1 aromatic heterocycles. The van der Waals surface area contributed by atoms with Crippen LogP contribution in [0.4, 0.5) is 0 Å². The second-order valence-electron chi connectivity index (χ2n) is 5.36. The third-order valence-corrected chi connectivity index (χ3v) is 4.27. The van der Waals surface area contributed by atoms with Crippen LogP contribution in [-0.4, -0.2) is 9.55 Å². The lowest BCUT2D eigenvalue weighted by Crippen LogP contribution is -2.16. The summed E-state index contributed by atoms with van der Waals surface area (Å²) in [7, 11) is 2.02. The van der Waals surface area contributed by atoms with E-state index in [1.807, 2.05) is 19.4 Å². The van der Waals surface area contributed by atoms with Gasteiger partial charge in [0, 0.05) is 25.9 Å². The van der Waals surface area contributed by atoms with Crippen molar-refractivity contribution in [1.29, 1.82) is 5.26 Å². The fourth-order valence-electron chi connectivity index (χ4n) is 2.96. The lowest BCUT2D eigenvalue weighted by atomic mass is 9.82. The number of aryl methyl sites for hydroxylation is 2. The van der Waals surface area contributed by atoms with Crippen molar-refractivity contribution in [2.24, 2.45) is 18.4 Å². The van der Waals surface area contributed by atoms with Gasteiger partial charge < -0.3 is 4.57 Å². The van der Waals surface area contributed by atoms with E-state index in [2.05, 4.69) is 22.5 Å². The topological polar surface area (TPSA) is 41.6 Å². The van der Waals surface area contributed by atoms with Crippen molar-refractivity contribution in [2.75, 3.05) is 0 Å². The highest BCUT2D eigenvalue weighted by molar-refractivity contribution is 5.06. The van der Waals surface area contributed by atoms with E-state index in [4.69, 9.17) is 0 Å². The van der Waals surface area contributed by atoms with Crippen LogP contribution in [0.15, 0.2) is 12.4 Å². The molecule has 0 aliphatic heterocycles. The molecule has 1 heterocycles. The lowest BCUT2D eigenvalue weighted by Gasteiger charge is -2.20. The average molecular weight is 231 g/mol. The second-order valence-corrected chi connectivity index (χ2v) is 5.36. The summed E-state index contributed by atoms with van der Waals surface area (Å²) in [5.41, 5.74) is -0.0768. The minimum Gasteiger partial charge on any atom is -0.338 e. The summed E-state index contributed by atoms with van der Waals surface area (Å²) >= 11 is 0. The van der Waals surface area contributed by atoms with Crippen molar-refractivity contribution in [3.05, 3.63) is 18.2 Å². The Balaban J connectivity index is 1.98. The first-order valence-corrected chi connectivity index (χ1v) is 6.56. The Labute approximate surface area is 103 Å². The molecule has 0 amide bonds. The Morgan fingerprint density at radius 2 is 2.47 bits per heavy atom. The molecule has 1 aliphatic carbocycles. The third kappa shape index (κ3) is 2.52. The molecule has 0 saturated heterocycles. The molecule has 2 atom stereocenters. The summed E-state index contributed by atoms with van der Waals surface area (Å²) in [5.74, 6) is 1.86. The molecule has 1 saturated carbocycles. The average Bonchev–Trinajstić information content (AvgIpc) is 2.94. The second kappa shape index (κ2) is 4.91. The maximum Gasteiger partial charge on any atom is 0.108 e. The fourth-order valence-corrected chi connectivity index (χ4v) is 2.96. The number of rotatable bonds is 4. The largest absolute Gasteiger partial charge is 0.338 e. The molecule has 1 aliphatic rings. The van der Waals surface area contributed by atoms with Crippen LogP contribution in [0.5, 0.6) is 0 Å². The van der Waals surface area contributed by atoms with E-state index in [9.17, 15) is 5.26 Å². The van der Waals surface area contributed by atoms with Crippen molar-refractivity contribution in [2.45, 2.75) is 45.4 Å². The molecule has 17 heavy (non-hydrogen) atoms. The number of aromatic nitrogens is 2. The van der Waals surface area contributed by atoms with Crippen LogP contribution in [0.2, 0.25) is 0 Å². The van der Waals surface area contributed by atoms with Crippen LogP contribution in [0.3, 0.4) is 0 Å². The standard InChI is InChI=1S/C14H21N3/c1-3-12-4-6-14(10-12,11-15)7-5-13-16-8-9-17(13)2/h8-9,12H,3-7,10H2,1-2H3. The molecule has 92 valence electrons. The Bertz CT molecular complexity index is 415. The van der Waals surface area contributed by atoms with Gasteiger partial charge in [0.05, 0.1) is 11.5 Å². The smallest absolute Gasteiger partial charge is 0.108 e. The van der Waals surface area contributed by atoms with Crippen LogP contribution in [-0.2, 0) is 13.5 Å². The molecule has 0 N–H and O–H groups in total. The summed E-state index contributed by atoms with van der Waals surface area (Å²) in [6, 6.07) is 2.59. The van der Waals surface area contributed by atoms with Crippen molar-refractivity contribution in [1.82, 2.24) is 9.55 Å². The molecule has 0 aromatic carbocycles. The SMILES string of the molecule is CCC1CCC(C#N)(CCc2nccn2C)C1. The summed E-state index contributed by atoms with van der Waals surface area (Å²) < 4.78 is 2.05. The van der Waals surface area contributed by atoms with Crippen LogP contribution < -0.4 is 0 Å². The predicted octanol–water partition coefficient (Wildman–Crippen LogP) is 3.07. The molecule has 3 nitrogen and oxygen atoms in total. The van der Waals surface area contributed by atoms with Crippen LogP contribution in [0.1, 0.15) is 44.9 Å². The molecule has 2 rings (SSSR count). The summed E-state index contributed by atoms with van der Waals surface area (Å²) in [4.78, 5) is 4.33. The van der Waals surface area contributed by atoms with E-state index in [0.29, 0.717) is 0 Å². The van der Waals surface area contributed by atoms with E-state index in [1.54, 1.807) is 0 Å². The number of imidazole rings is 1. The van der Waals surface area contributed by atoms with E-state index < -0.39 is 0 Å². The fraction of sp³-hybridized carbons (Fsp3) is 0.714. The Morgan fingerprint density at radius 3 is 3.00 bits per heavy atom. The number of nitriles is 1. The van der Waals surface area contributed by atoms with Gasteiger partial charge in [-0.25, -0.2) is 4.98 Å². The zero-order chi connectivity index (χ0) is 12.3. The van der Waals surface area contributed by atoms with Crippen molar-refractivity contribution >= 4 is 0 Å². The van der Waals surface area contributed by atoms with Gasteiger partial charge in [0.15, 0.2) is 0 Å². The molecular weight excluding hydrogens is 210 g/mol. The first-order chi connectivity index (χ1) is 8.19. The van der Waals surface area contributed by atoms with Crippen molar-refractivity contribution in [3.8, 4) is 6.07 Å². The first-order valence-electron chi connectivity index (χ1n) is 6.56. The highest BCUT2D eigenvalue weighted by Crippen LogP contribution is 2.45. The molecule has 3 heteroatoms. The van der Waals surface area contributed by atoms with Gasteiger partial charge in [-0.3, -0.25) is 0 Å². The van der Waals surface area contributed by atoms with Crippen LogP contribution in [0, 0.1) is 22.7 Å². The van der Waals surface area contributed by atoms with Crippen molar-refractivity contribution in [3.63, 3.8) is 0 Å². The minimum atomic E-state index is -0.0768. The van der Waals surface area contributed by atoms with E-state index in [0.717, 1.165) is 37.4 Å². The van der Waals surface area contributed by atoms with E-state index in [-0.39, 0.29) is 5.41 Å². The normalized spacial score (nSPS) is 28.2. The molecule has 1 fully saturated rings. The van der Waals surface area contributed by atoms with Gasteiger partial charge in [-0.05, 0) is 31.6 Å². The van der Waals surface area contributed by atoms with E-state index in [1.165, 1.54) is 12.8 Å². The third-order valence-electron chi connectivity index (χ3n) is 4.27. The van der Waals surface area contributed by atoms with Gasteiger partial charge in [0.2, 0.25) is 0 Å². The molecular formula is C14H21N3.